The lowest BCUT2D eigenvalue weighted by atomic mass is 10.1. The Balaban J connectivity index is 2.77. The lowest BCUT2D eigenvalue weighted by Crippen LogP contribution is -2.12. The average Bonchev–Trinajstić information content (AvgIpc) is 2.55. The number of carboxylic acids is 1. The maximum Gasteiger partial charge on any atom is 0.339 e. The fourth-order valence-electron chi connectivity index (χ4n) is 2.11. The summed E-state index contributed by atoms with van der Waals surface area (Å²) in [4.78, 5) is 15.6. The predicted octanol–water partition coefficient (Wildman–Crippen LogP) is 2.20. The van der Waals surface area contributed by atoms with E-state index in [-0.39, 0.29) is 5.56 Å². The van der Waals surface area contributed by atoms with Gasteiger partial charge >= 0.3 is 5.97 Å². The Labute approximate surface area is 105 Å². The molecule has 2 rings (SSSR count). The molecule has 1 N–H and O–H groups in total. The molecule has 2 aromatic rings. The summed E-state index contributed by atoms with van der Waals surface area (Å²) >= 11 is 0. The van der Waals surface area contributed by atoms with Crippen LogP contribution in [0.2, 0.25) is 0 Å². The summed E-state index contributed by atoms with van der Waals surface area (Å²) in [5.74, 6) is -0.984. The van der Waals surface area contributed by atoms with Crippen molar-refractivity contribution >= 4 is 5.97 Å². The van der Waals surface area contributed by atoms with E-state index in [2.05, 4.69) is 10.1 Å². The van der Waals surface area contributed by atoms with Gasteiger partial charge in [-0.1, -0.05) is 0 Å². The molecular weight excluding hydrogens is 230 g/mol. The molecule has 2 heterocycles. The van der Waals surface area contributed by atoms with Gasteiger partial charge in [0.2, 0.25) is 0 Å². The number of pyridine rings is 1. The number of aryl methyl sites for hydroxylation is 4. The van der Waals surface area contributed by atoms with Gasteiger partial charge in [-0.25, -0.2) is 9.48 Å². The van der Waals surface area contributed by atoms with Gasteiger partial charge in [0.25, 0.3) is 0 Å². The van der Waals surface area contributed by atoms with Crippen LogP contribution in [0.15, 0.2) is 12.1 Å². The van der Waals surface area contributed by atoms with Crippen molar-refractivity contribution in [2.75, 3.05) is 0 Å². The van der Waals surface area contributed by atoms with Crippen LogP contribution >= 0.6 is 0 Å². The Morgan fingerprint density at radius 2 is 1.83 bits per heavy atom. The van der Waals surface area contributed by atoms with Crippen LogP contribution in [0.5, 0.6) is 0 Å². The number of hydrogen-bond donors (Lipinski definition) is 1. The molecule has 0 aliphatic carbocycles. The van der Waals surface area contributed by atoms with Crippen LogP contribution in [0.4, 0.5) is 0 Å². The Morgan fingerprint density at radius 1 is 1.17 bits per heavy atom. The molecule has 0 saturated carbocycles. The van der Waals surface area contributed by atoms with Crippen molar-refractivity contribution in [1.29, 1.82) is 0 Å². The number of rotatable bonds is 2. The fourth-order valence-corrected chi connectivity index (χ4v) is 2.11. The van der Waals surface area contributed by atoms with Crippen LogP contribution in [0.3, 0.4) is 0 Å². The smallest absolute Gasteiger partial charge is 0.339 e. The summed E-state index contributed by atoms with van der Waals surface area (Å²) in [6.07, 6.45) is 0. The van der Waals surface area contributed by atoms with E-state index in [0.717, 1.165) is 17.1 Å². The van der Waals surface area contributed by atoms with Gasteiger partial charge in [-0.3, -0.25) is 4.98 Å². The minimum atomic E-state index is -0.984. The first kappa shape index (κ1) is 12.3. The molecule has 0 amide bonds. The summed E-state index contributed by atoms with van der Waals surface area (Å²) in [6.45, 7) is 7.32. The van der Waals surface area contributed by atoms with E-state index in [4.69, 9.17) is 0 Å². The molecule has 0 aliphatic rings. The normalized spacial score (nSPS) is 10.7. The second-order valence-electron chi connectivity index (χ2n) is 4.39. The summed E-state index contributed by atoms with van der Waals surface area (Å²) in [5, 5.41) is 13.6. The highest BCUT2D eigenvalue weighted by molar-refractivity contribution is 5.93. The van der Waals surface area contributed by atoms with Gasteiger partial charge in [0.15, 0.2) is 0 Å². The van der Waals surface area contributed by atoms with E-state index in [1.807, 2.05) is 26.8 Å². The monoisotopic (exact) mass is 245 g/mol. The van der Waals surface area contributed by atoms with Crippen molar-refractivity contribution in [2.24, 2.45) is 0 Å². The summed E-state index contributed by atoms with van der Waals surface area (Å²) < 4.78 is 1.65. The zero-order valence-corrected chi connectivity index (χ0v) is 10.9. The summed E-state index contributed by atoms with van der Waals surface area (Å²) in [5.41, 5.74) is 3.81. The van der Waals surface area contributed by atoms with Crippen LogP contribution < -0.4 is 0 Å². The third kappa shape index (κ3) is 1.99. The second kappa shape index (κ2) is 4.25. The Morgan fingerprint density at radius 3 is 2.33 bits per heavy atom. The number of hydrogen-bond acceptors (Lipinski definition) is 3. The van der Waals surface area contributed by atoms with Gasteiger partial charge in [-0.05, 0) is 39.8 Å². The molecule has 5 nitrogen and oxygen atoms in total. The highest BCUT2D eigenvalue weighted by atomic mass is 16.4. The van der Waals surface area contributed by atoms with E-state index in [1.54, 1.807) is 17.7 Å². The molecular formula is C13H15N3O2. The first-order chi connectivity index (χ1) is 8.40. The lowest BCUT2D eigenvalue weighted by molar-refractivity contribution is 0.0695. The van der Waals surface area contributed by atoms with Crippen molar-refractivity contribution in [3.63, 3.8) is 0 Å². The Bertz CT molecular complexity index is 629. The molecule has 5 heteroatoms. The van der Waals surface area contributed by atoms with Crippen LogP contribution in [-0.4, -0.2) is 25.8 Å². The highest BCUT2D eigenvalue weighted by Crippen LogP contribution is 2.20. The highest BCUT2D eigenvalue weighted by Gasteiger charge is 2.18. The van der Waals surface area contributed by atoms with Crippen molar-refractivity contribution in [2.45, 2.75) is 27.7 Å². The molecule has 0 saturated heterocycles. The van der Waals surface area contributed by atoms with Crippen LogP contribution in [0.25, 0.3) is 5.69 Å². The zero-order chi connectivity index (χ0) is 13.4. The second-order valence-corrected chi connectivity index (χ2v) is 4.39. The SMILES string of the molecule is Cc1cc(-n2nc(C)cc2C)c(C(=O)O)c(C)n1. The third-order valence-electron chi connectivity index (χ3n) is 2.76. The number of carboxylic acid groups (broad SMARTS) is 1. The van der Waals surface area contributed by atoms with E-state index in [9.17, 15) is 9.90 Å². The summed E-state index contributed by atoms with van der Waals surface area (Å²) in [7, 11) is 0. The van der Waals surface area contributed by atoms with E-state index < -0.39 is 5.97 Å². The third-order valence-corrected chi connectivity index (χ3v) is 2.76. The van der Waals surface area contributed by atoms with Crippen LogP contribution in [0, 0.1) is 27.7 Å². The first-order valence-corrected chi connectivity index (χ1v) is 5.65. The zero-order valence-electron chi connectivity index (χ0n) is 10.9. The minimum absolute atomic E-state index is 0.201. The van der Waals surface area contributed by atoms with Gasteiger partial charge in [-0.15, -0.1) is 0 Å². The van der Waals surface area contributed by atoms with Crippen molar-refractivity contribution in [1.82, 2.24) is 14.8 Å². The maximum atomic E-state index is 11.4. The molecule has 18 heavy (non-hydrogen) atoms. The van der Waals surface area contributed by atoms with E-state index in [0.29, 0.717) is 11.4 Å². The van der Waals surface area contributed by atoms with Crippen LogP contribution in [-0.2, 0) is 0 Å². The quantitative estimate of drug-likeness (QED) is 0.880. The molecule has 0 atom stereocenters. The van der Waals surface area contributed by atoms with Crippen molar-refractivity contribution < 1.29 is 9.90 Å². The molecule has 0 spiro atoms. The molecule has 0 unspecified atom stereocenters. The van der Waals surface area contributed by atoms with E-state index in [1.165, 1.54) is 0 Å². The van der Waals surface area contributed by atoms with Gasteiger partial charge in [0.1, 0.15) is 5.56 Å². The average molecular weight is 245 g/mol. The number of carbonyl (C=O) groups is 1. The molecule has 0 radical (unpaired) electrons. The Hall–Kier alpha value is -2.17. The predicted molar refractivity (Wildman–Crippen MR) is 67.3 cm³/mol. The minimum Gasteiger partial charge on any atom is -0.478 e. The molecule has 0 aliphatic heterocycles. The van der Waals surface area contributed by atoms with Gasteiger partial charge in [-0.2, -0.15) is 5.10 Å². The van der Waals surface area contributed by atoms with Gasteiger partial charge in [0.05, 0.1) is 17.1 Å². The topological polar surface area (TPSA) is 68.0 Å². The van der Waals surface area contributed by atoms with Gasteiger partial charge < -0.3 is 5.11 Å². The van der Waals surface area contributed by atoms with Gasteiger partial charge in [0, 0.05) is 11.4 Å². The van der Waals surface area contributed by atoms with Crippen molar-refractivity contribution in [3.8, 4) is 5.69 Å². The molecule has 0 bridgehead atoms. The largest absolute Gasteiger partial charge is 0.478 e. The molecule has 0 aromatic carbocycles. The van der Waals surface area contributed by atoms with E-state index >= 15 is 0 Å². The number of aromatic carboxylic acids is 1. The van der Waals surface area contributed by atoms with Crippen molar-refractivity contribution in [3.05, 3.63) is 40.5 Å². The molecule has 94 valence electrons. The lowest BCUT2D eigenvalue weighted by Gasteiger charge is -2.11. The standard InChI is InChI=1S/C13H15N3O2/c1-7-6-11(12(13(17)18)10(4)14-7)16-9(3)5-8(2)15-16/h5-6H,1-4H3,(H,17,18). The molecule has 2 aromatic heterocycles. The molecule has 0 fully saturated rings. The first-order valence-electron chi connectivity index (χ1n) is 5.65. The fraction of sp³-hybridized carbons (Fsp3) is 0.308. The summed E-state index contributed by atoms with van der Waals surface area (Å²) in [6, 6.07) is 3.66. The maximum absolute atomic E-state index is 11.4. The number of nitrogens with zero attached hydrogens (tertiary/aromatic N) is 3. The Kier molecular flexibility index (Phi) is 2.90. The number of aromatic nitrogens is 3. The van der Waals surface area contributed by atoms with Crippen LogP contribution in [0.1, 0.15) is 33.1 Å².